The topological polar surface area (TPSA) is 81.4 Å². The van der Waals surface area contributed by atoms with Crippen molar-refractivity contribution in [3.63, 3.8) is 0 Å². The van der Waals surface area contributed by atoms with Crippen molar-refractivity contribution < 1.29 is 13.2 Å². The minimum Gasteiger partial charge on any atom is -0.497 e. The Morgan fingerprint density at radius 3 is 2.59 bits per heavy atom. The number of rotatable bonds is 5. The molecular formula is C15H25ClN2O3S. The fraction of sp³-hybridized carbons (Fsp3) is 0.600. The molecule has 0 amide bonds. The maximum atomic E-state index is 12.6. The summed E-state index contributed by atoms with van der Waals surface area (Å²) in [6.45, 7) is 2.30. The van der Waals surface area contributed by atoms with Gasteiger partial charge in [-0.15, -0.1) is 12.4 Å². The smallest absolute Gasteiger partial charge is 0.241 e. The van der Waals surface area contributed by atoms with E-state index in [1.165, 1.54) is 0 Å². The van der Waals surface area contributed by atoms with Crippen LogP contribution in [0.5, 0.6) is 5.75 Å². The molecule has 2 unspecified atom stereocenters. The van der Waals surface area contributed by atoms with E-state index in [0.717, 1.165) is 25.7 Å². The quantitative estimate of drug-likeness (QED) is 0.854. The first-order valence-corrected chi connectivity index (χ1v) is 8.83. The van der Waals surface area contributed by atoms with Crippen molar-refractivity contribution >= 4 is 22.4 Å². The van der Waals surface area contributed by atoms with Gasteiger partial charge < -0.3 is 10.5 Å². The molecule has 1 aromatic carbocycles. The van der Waals surface area contributed by atoms with E-state index in [9.17, 15) is 8.42 Å². The largest absolute Gasteiger partial charge is 0.497 e. The molecule has 22 heavy (non-hydrogen) atoms. The fourth-order valence-electron chi connectivity index (χ4n) is 2.96. The van der Waals surface area contributed by atoms with Gasteiger partial charge in [-0.2, -0.15) is 0 Å². The van der Waals surface area contributed by atoms with Crippen LogP contribution in [-0.2, 0) is 10.0 Å². The monoisotopic (exact) mass is 348 g/mol. The van der Waals surface area contributed by atoms with E-state index >= 15 is 0 Å². The van der Waals surface area contributed by atoms with E-state index in [1.807, 2.05) is 0 Å². The third-order valence-electron chi connectivity index (χ3n) is 4.19. The Morgan fingerprint density at radius 2 is 2.00 bits per heavy atom. The molecule has 0 aromatic heterocycles. The highest BCUT2D eigenvalue weighted by molar-refractivity contribution is 7.89. The Hall–Kier alpha value is -0.820. The molecule has 0 spiro atoms. The van der Waals surface area contributed by atoms with Crippen LogP contribution in [0.1, 0.15) is 31.2 Å². The fourth-order valence-corrected chi connectivity index (χ4v) is 4.52. The van der Waals surface area contributed by atoms with Gasteiger partial charge in [0.25, 0.3) is 0 Å². The van der Waals surface area contributed by atoms with Gasteiger partial charge in [-0.05, 0) is 56.0 Å². The van der Waals surface area contributed by atoms with Crippen LogP contribution >= 0.6 is 12.4 Å². The highest BCUT2D eigenvalue weighted by Crippen LogP contribution is 2.26. The van der Waals surface area contributed by atoms with Crippen LogP contribution < -0.4 is 15.2 Å². The summed E-state index contributed by atoms with van der Waals surface area (Å²) < 4.78 is 33.1. The minimum absolute atomic E-state index is 0. The molecule has 0 heterocycles. The number of hydrogen-bond acceptors (Lipinski definition) is 4. The van der Waals surface area contributed by atoms with Crippen LogP contribution in [0, 0.1) is 12.8 Å². The number of methoxy groups -OCH3 is 1. The predicted octanol–water partition coefficient (Wildman–Crippen LogP) is 2.22. The molecule has 1 aliphatic carbocycles. The summed E-state index contributed by atoms with van der Waals surface area (Å²) in [6, 6.07) is 4.94. The summed E-state index contributed by atoms with van der Waals surface area (Å²) in [5.74, 6) is 0.885. The first kappa shape index (κ1) is 19.2. The lowest BCUT2D eigenvalue weighted by molar-refractivity contribution is 0.296. The Balaban J connectivity index is 0.00000242. The van der Waals surface area contributed by atoms with Crippen LogP contribution in [0.25, 0.3) is 0 Å². The molecule has 5 nitrogen and oxygen atoms in total. The van der Waals surface area contributed by atoms with Crippen molar-refractivity contribution in [3.8, 4) is 5.75 Å². The van der Waals surface area contributed by atoms with Gasteiger partial charge in [0.1, 0.15) is 5.75 Å². The number of ether oxygens (including phenoxy) is 1. The van der Waals surface area contributed by atoms with Gasteiger partial charge in [0.2, 0.25) is 10.0 Å². The average Bonchev–Trinajstić information content (AvgIpc) is 2.47. The summed E-state index contributed by atoms with van der Waals surface area (Å²) in [7, 11) is -1.96. The van der Waals surface area contributed by atoms with Crippen LogP contribution in [0.4, 0.5) is 0 Å². The molecule has 1 saturated carbocycles. The Labute approximate surface area is 139 Å². The van der Waals surface area contributed by atoms with E-state index in [2.05, 4.69) is 4.72 Å². The van der Waals surface area contributed by atoms with E-state index in [1.54, 1.807) is 32.2 Å². The van der Waals surface area contributed by atoms with Crippen molar-refractivity contribution in [2.24, 2.45) is 11.7 Å². The highest BCUT2D eigenvalue weighted by atomic mass is 35.5. The summed E-state index contributed by atoms with van der Waals surface area (Å²) in [5, 5.41) is 0. The molecule has 7 heteroatoms. The number of hydrogen-bond donors (Lipinski definition) is 2. The molecule has 0 radical (unpaired) electrons. The molecular weight excluding hydrogens is 324 g/mol. The number of sulfonamides is 1. The Kier molecular flexibility index (Phi) is 7.12. The first-order chi connectivity index (χ1) is 9.97. The van der Waals surface area contributed by atoms with Crippen LogP contribution in [0.3, 0.4) is 0 Å². The van der Waals surface area contributed by atoms with Crippen LogP contribution in [0.15, 0.2) is 23.1 Å². The molecule has 0 bridgehead atoms. The third-order valence-corrected chi connectivity index (χ3v) is 5.84. The zero-order valence-electron chi connectivity index (χ0n) is 13.0. The second kappa shape index (κ2) is 8.15. The molecule has 2 atom stereocenters. The first-order valence-electron chi connectivity index (χ1n) is 7.35. The summed E-state index contributed by atoms with van der Waals surface area (Å²) >= 11 is 0. The molecule has 1 fully saturated rings. The van der Waals surface area contributed by atoms with Gasteiger partial charge in [-0.1, -0.05) is 12.8 Å². The number of aryl methyl sites for hydroxylation is 1. The van der Waals surface area contributed by atoms with E-state index in [-0.39, 0.29) is 24.4 Å². The summed E-state index contributed by atoms with van der Waals surface area (Å²) in [6.07, 6.45) is 4.02. The lowest BCUT2D eigenvalue weighted by atomic mass is 9.85. The maximum Gasteiger partial charge on any atom is 0.241 e. The van der Waals surface area contributed by atoms with Gasteiger partial charge in [0.05, 0.1) is 12.0 Å². The minimum atomic E-state index is -3.52. The standard InChI is InChI=1S/C15H24N2O3S.ClH/c1-11-9-13(20-2)7-8-15(11)21(18,19)17-14-6-4-3-5-12(14)10-16;/h7-9,12,14,17H,3-6,10,16H2,1-2H3;1H. The number of nitrogens with one attached hydrogen (secondary N) is 1. The highest BCUT2D eigenvalue weighted by Gasteiger charge is 2.29. The lowest BCUT2D eigenvalue weighted by Gasteiger charge is -2.31. The molecule has 1 aliphatic rings. The van der Waals surface area contributed by atoms with Crippen LogP contribution in [0.2, 0.25) is 0 Å². The van der Waals surface area contributed by atoms with Gasteiger partial charge in [-0.3, -0.25) is 0 Å². The van der Waals surface area contributed by atoms with Crippen molar-refractivity contribution in [3.05, 3.63) is 23.8 Å². The molecule has 0 saturated heterocycles. The van der Waals surface area contributed by atoms with Crippen molar-refractivity contribution in [2.45, 2.75) is 43.5 Å². The zero-order chi connectivity index (χ0) is 15.5. The average molecular weight is 349 g/mol. The van der Waals surface area contributed by atoms with E-state index in [0.29, 0.717) is 22.8 Å². The van der Waals surface area contributed by atoms with Gasteiger partial charge in [-0.25, -0.2) is 13.1 Å². The van der Waals surface area contributed by atoms with Gasteiger partial charge in [0.15, 0.2) is 0 Å². The van der Waals surface area contributed by atoms with Crippen molar-refractivity contribution in [1.82, 2.24) is 4.72 Å². The second-order valence-electron chi connectivity index (χ2n) is 5.64. The molecule has 2 rings (SSSR count). The SMILES string of the molecule is COc1ccc(S(=O)(=O)NC2CCCCC2CN)c(C)c1.Cl. The molecule has 126 valence electrons. The maximum absolute atomic E-state index is 12.6. The molecule has 0 aliphatic heterocycles. The van der Waals surface area contributed by atoms with Gasteiger partial charge >= 0.3 is 0 Å². The Bertz CT molecular complexity index is 592. The third kappa shape index (κ3) is 4.35. The van der Waals surface area contributed by atoms with E-state index in [4.69, 9.17) is 10.5 Å². The van der Waals surface area contributed by atoms with Crippen molar-refractivity contribution in [1.29, 1.82) is 0 Å². The number of nitrogens with two attached hydrogens (primary N) is 1. The van der Waals surface area contributed by atoms with Gasteiger partial charge in [0, 0.05) is 6.04 Å². The summed E-state index contributed by atoms with van der Waals surface area (Å²) in [5.41, 5.74) is 6.45. The number of benzene rings is 1. The molecule has 1 aromatic rings. The predicted molar refractivity (Wildman–Crippen MR) is 90.1 cm³/mol. The summed E-state index contributed by atoms with van der Waals surface area (Å²) in [4.78, 5) is 0.310. The number of halogens is 1. The van der Waals surface area contributed by atoms with Crippen LogP contribution in [-0.4, -0.2) is 28.1 Å². The second-order valence-corrected chi connectivity index (χ2v) is 7.32. The zero-order valence-corrected chi connectivity index (χ0v) is 14.7. The molecule has 3 N–H and O–H groups in total. The lowest BCUT2D eigenvalue weighted by Crippen LogP contribution is -2.44. The van der Waals surface area contributed by atoms with E-state index < -0.39 is 10.0 Å². The normalized spacial score (nSPS) is 22.0. The Morgan fingerprint density at radius 1 is 1.32 bits per heavy atom. The van der Waals surface area contributed by atoms with Crippen molar-refractivity contribution in [2.75, 3.05) is 13.7 Å².